The summed E-state index contributed by atoms with van der Waals surface area (Å²) >= 11 is 0. The molecule has 0 aromatic rings. The molecule has 0 radical (unpaired) electrons. The second-order valence-corrected chi connectivity index (χ2v) is 4.70. The van der Waals surface area contributed by atoms with Crippen molar-refractivity contribution in [3.63, 3.8) is 0 Å². The molecular weight excluding hydrogens is 162 g/mol. The predicted molar refractivity (Wildman–Crippen MR) is 58.4 cm³/mol. The maximum absolute atomic E-state index is 5.75. The van der Waals surface area contributed by atoms with Crippen molar-refractivity contribution in [2.75, 3.05) is 20.6 Å². The highest BCUT2D eigenvalue weighted by Crippen LogP contribution is 2.15. The van der Waals surface area contributed by atoms with Crippen molar-refractivity contribution in [2.45, 2.75) is 39.2 Å². The zero-order valence-electron chi connectivity index (χ0n) is 9.72. The first kappa shape index (κ1) is 12.9. The van der Waals surface area contributed by atoms with E-state index in [0.717, 1.165) is 12.3 Å². The summed E-state index contributed by atoms with van der Waals surface area (Å²) in [5, 5.41) is 1.98. The van der Waals surface area contributed by atoms with Crippen LogP contribution in [-0.2, 0) is 0 Å². The third-order valence-electron chi connectivity index (χ3n) is 2.22. The molecule has 3 heteroatoms. The maximum Gasteiger partial charge on any atom is 0.0419 e. The number of rotatable bonds is 6. The van der Waals surface area contributed by atoms with Gasteiger partial charge in [-0.3, -0.25) is 5.01 Å². The van der Waals surface area contributed by atoms with E-state index in [2.05, 4.69) is 26.2 Å². The van der Waals surface area contributed by atoms with Gasteiger partial charge < -0.3 is 5.73 Å². The smallest absolute Gasteiger partial charge is 0.0419 e. The Balaban J connectivity index is 3.96. The zero-order chi connectivity index (χ0) is 10.5. The average molecular weight is 187 g/mol. The average Bonchev–Trinajstić information content (AvgIpc) is 2.00. The van der Waals surface area contributed by atoms with E-state index in [4.69, 9.17) is 5.73 Å². The van der Waals surface area contributed by atoms with E-state index in [1.54, 1.807) is 0 Å². The molecule has 0 heterocycles. The van der Waals surface area contributed by atoms with Crippen LogP contribution in [0.2, 0.25) is 0 Å². The molecule has 0 amide bonds. The molecule has 0 spiro atoms. The van der Waals surface area contributed by atoms with E-state index in [1.165, 1.54) is 6.42 Å². The topological polar surface area (TPSA) is 41.3 Å². The van der Waals surface area contributed by atoms with Crippen LogP contribution < -0.4 is 11.2 Å². The lowest BCUT2D eigenvalue weighted by atomic mass is 9.93. The van der Waals surface area contributed by atoms with Gasteiger partial charge in [-0.15, -0.1) is 0 Å². The molecule has 0 saturated heterocycles. The third-order valence-corrected chi connectivity index (χ3v) is 2.22. The summed E-state index contributed by atoms with van der Waals surface area (Å²) in [6.07, 6.45) is 2.34. The molecule has 0 fully saturated rings. The molecular formula is C10H25N3. The van der Waals surface area contributed by atoms with Gasteiger partial charge in [0.25, 0.3) is 0 Å². The fourth-order valence-corrected chi connectivity index (χ4v) is 1.35. The first-order valence-electron chi connectivity index (χ1n) is 5.05. The van der Waals surface area contributed by atoms with Gasteiger partial charge in [-0.1, -0.05) is 13.8 Å². The fraction of sp³-hybridized carbons (Fsp3) is 1.00. The zero-order valence-corrected chi connectivity index (χ0v) is 9.72. The molecule has 0 aromatic carbocycles. The van der Waals surface area contributed by atoms with E-state index in [1.807, 2.05) is 19.1 Å². The minimum atomic E-state index is 0.0494. The minimum Gasteiger partial charge on any atom is -0.329 e. The Kier molecular flexibility index (Phi) is 5.53. The molecule has 13 heavy (non-hydrogen) atoms. The molecule has 0 aliphatic rings. The Morgan fingerprint density at radius 1 is 1.38 bits per heavy atom. The van der Waals surface area contributed by atoms with Crippen molar-refractivity contribution in [1.29, 1.82) is 0 Å². The lowest BCUT2D eigenvalue weighted by molar-refractivity contribution is 0.161. The summed E-state index contributed by atoms with van der Waals surface area (Å²) in [4.78, 5) is 0. The van der Waals surface area contributed by atoms with Gasteiger partial charge in [0.05, 0.1) is 0 Å². The van der Waals surface area contributed by atoms with Gasteiger partial charge >= 0.3 is 0 Å². The van der Waals surface area contributed by atoms with Gasteiger partial charge in [-0.25, -0.2) is 5.43 Å². The minimum absolute atomic E-state index is 0.0494. The SMILES string of the molecule is CC(C)CCC(C)(CN)NN(C)C. The first-order valence-corrected chi connectivity index (χ1v) is 5.05. The number of hydrogen-bond donors (Lipinski definition) is 2. The Labute approximate surface area is 82.6 Å². The second kappa shape index (κ2) is 5.58. The van der Waals surface area contributed by atoms with Crippen LogP contribution >= 0.6 is 0 Å². The van der Waals surface area contributed by atoms with Gasteiger partial charge in [0.15, 0.2) is 0 Å². The molecule has 1 unspecified atom stereocenters. The van der Waals surface area contributed by atoms with Crippen LogP contribution in [0.1, 0.15) is 33.6 Å². The second-order valence-electron chi connectivity index (χ2n) is 4.70. The molecule has 0 aromatic heterocycles. The summed E-state index contributed by atoms with van der Waals surface area (Å²) in [7, 11) is 4.01. The third kappa shape index (κ3) is 6.02. The summed E-state index contributed by atoms with van der Waals surface area (Å²) in [6, 6.07) is 0. The molecule has 1 atom stereocenters. The molecule has 0 bridgehead atoms. The van der Waals surface area contributed by atoms with Crippen molar-refractivity contribution >= 4 is 0 Å². The van der Waals surface area contributed by atoms with Crippen LogP contribution in [0.4, 0.5) is 0 Å². The highest BCUT2D eigenvalue weighted by Gasteiger charge is 2.22. The molecule has 0 aliphatic heterocycles. The summed E-state index contributed by atoms with van der Waals surface area (Å²) in [5.74, 6) is 0.745. The van der Waals surface area contributed by atoms with Crippen LogP contribution in [-0.4, -0.2) is 31.2 Å². The van der Waals surface area contributed by atoms with Crippen LogP contribution in [0, 0.1) is 5.92 Å². The lowest BCUT2D eigenvalue weighted by Gasteiger charge is -2.33. The normalized spacial score (nSPS) is 16.6. The Hall–Kier alpha value is -0.120. The molecule has 0 aliphatic carbocycles. The summed E-state index contributed by atoms with van der Waals surface area (Å²) in [5.41, 5.74) is 9.17. The van der Waals surface area contributed by atoms with Gasteiger partial charge in [0, 0.05) is 26.2 Å². The van der Waals surface area contributed by atoms with Crippen LogP contribution in [0.5, 0.6) is 0 Å². The summed E-state index contributed by atoms with van der Waals surface area (Å²) < 4.78 is 0. The van der Waals surface area contributed by atoms with Crippen LogP contribution in [0.15, 0.2) is 0 Å². The van der Waals surface area contributed by atoms with E-state index in [-0.39, 0.29) is 5.54 Å². The van der Waals surface area contributed by atoms with Crippen molar-refractivity contribution in [2.24, 2.45) is 11.7 Å². The molecule has 80 valence electrons. The maximum atomic E-state index is 5.75. The van der Waals surface area contributed by atoms with Crippen LogP contribution in [0.3, 0.4) is 0 Å². The molecule has 0 saturated carbocycles. The van der Waals surface area contributed by atoms with Crippen molar-refractivity contribution < 1.29 is 0 Å². The van der Waals surface area contributed by atoms with Crippen molar-refractivity contribution in [3.05, 3.63) is 0 Å². The van der Waals surface area contributed by atoms with Gasteiger partial charge in [-0.05, 0) is 25.7 Å². The highest BCUT2D eigenvalue weighted by molar-refractivity contribution is 4.82. The van der Waals surface area contributed by atoms with E-state index < -0.39 is 0 Å². The van der Waals surface area contributed by atoms with E-state index in [0.29, 0.717) is 6.54 Å². The number of hydrogen-bond acceptors (Lipinski definition) is 3. The quantitative estimate of drug-likeness (QED) is 0.614. The molecule has 0 rings (SSSR count). The van der Waals surface area contributed by atoms with Gasteiger partial charge in [0.1, 0.15) is 0 Å². The van der Waals surface area contributed by atoms with E-state index >= 15 is 0 Å². The highest BCUT2D eigenvalue weighted by atomic mass is 15.5. The largest absolute Gasteiger partial charge is 0.329 e. The number of hydrazine groups is 1. The Morgan fingerprint density at radius 2 is 1.92 bits per heavy atom. The molecule has 3 nitrogen and oxygen atoms in total. The van der Waals surface area contributed by atoms with Crippen molar-refractivity contribution in [1.82, 2.24) is 10.4 Å². The molecule has 3 N–H and O–H groups in total. The number of nitrogens with zero attached hydrogens (tertiary/aromatic N) is 1. The Bertz CT molecular complexity index is 134. The summed E-state index contributed by atoms with van der Waals surface area (Å²) in [6.45, 7) is 7.34. The number of nitrogens with two attached hydrogens (primary N) is 1. The monoisotopic (exact) mass is 187 g/mol. The van der Waals surface area contributed by atoms with Gasteiger partial charge in [0.2, 0.25) is 0 Å². The van der Waals surface area contributed by atoms with E-state index in [9.17, 15) is 0 Å². The Morgan fingerprint density at radius 3 is 2.23 bits per heavy atom. The van der Waals surface area contributed by atoms with Crippen LogP contribution in [0.25, 0.3) is 0 Å². The number of nitrogens with one attached hydrogen (secondary N) is 1. The predicted octanol–water partition coefficient (Wildman–Crippen LogP) is 1.21. The fourth-order valence-electron chi connectivity index (χ4n) is 1.35. The first-order chi connectivity index (χ1) is 5.89. The van der Waals surface area contributed by atoms with Crippen molar-refractivity contribution in [3.8, 4) is 0 Å². The van der Waals surface area contributed by atoms with Gasteiger partial charge in [-0.2, -0.15) is 0 Å². The standard InChI is InChI=1S/C10H25N3/c1-9(2)6-7-10(3,8-11)12-13(4)5/h9,12H,6-8,11H2,1-5H3. The lowest BCUT2D eigenvalue weighted by Crippen LogP contribution is -2.54.